The molecule has 0 radical (unpaired) electrons. The second-order valence-corrected chi connectivity index (χ2v) is 7.95. The lowest BCUT2D eigenvalue weighted by molar-refractivity contribution is -0.0523. The maximum absolute atomic E-state index is 12.7. The monoisotopic (exact) mass is 387 g/mol. The van der Waals surface area contributed by atoms with Crippen molar-refractivity contribution in [3.63, 3.8) is 0 Å². The molecule has 10 nitrogen and oxygen atoms in total. The Kier molecular flexibility index (Phi) is 6.55. The third kappa shape index (κ3) is 4.69. The Bertz CT molecular complexity index is 850. The van der Waals surface area contributed by atoms with Gasteiger partial charge in [0.2, 0.25) is 0 Å². The van der Waals surface area contributed by atoms with Gasteiger partial charge in [-0.05, 0) is 6.92 Å². The molecular weight excluding hydrogens is 365 g/mol. The van der Waals surface area contributed by atoms with Crippen molar-refractivity contribution in [1.29, 1.82) is 5.26 Å². The van der Waals surface area contributed by atoms with Gasteiger partial charge >= 0.3 is 13.3 Å². The lowest BCUT2D eigenvalue weighted by Gasteiger charge is -2.19. The molecule has 0 amide bonds. The summed E-state index contributed by atoms with van der Waals surface area (Å²) in [6.07, 6.45) is -0.625. The average Bonchev–Trinajstić information content (AvgIpc) is 2.92. The van der Waals surface area contributed by atoms with E-state index in [-0.39, 0.29) is 26.0 Å². The molecule has 1 fully saturated rings. The molecule has 2 rings (SSSR count). The van der Waals surface area contributed by atoms with E-state index in [1.54, 1.807) is 6.92 Å². The zero-order valence-corrected chi connectivity index (χ0v) is 15.7. The first kappa shape index (κ1) is 20.6. The van der Waals surface area contributed by atoms with Crippen LogP contribution in [0.3, 0.4) is 0 Å². The molecule has 26 heavy (non-hydrogen) atoms. The van der Waals surface area contributed by atoms with E-state index in [1.807, 2.05) is 6.07 Å². The van der Waals surface area contributed by atoms with Crippen LogP contribution in [0, 0.1) is 18.3 Å². The molecule has 1 saturated heterocycles. The lowest BCUT2D eigenvalue weighted by Crippen LogP contribution is -2.42. The predicted molar refractivity (Wildman–Crippen MR) is 91.0 cm³/mol. The van der Waals surface area contributed by atoms with Crippen molar-refractivity contribution in [3.05, 3.63) is 32.6 Å². The predicted octanol–water partition coefficient (Wildman–Crippen LogP) is 0.366. The number of nitriles is 1. The highest BCUT2D eigenvalue weighted by molar-refractivity contribution is 7.51. The topological polar surface area (TPSA) is 133 Å². The number of methoxy groups -OCH3 is 1. The van der Waals surface area contributed by atoms with E-state index >= 15 is 0 Å². The summed E-state index contributed by atoms with van der Waals surface area (Å²) >= 11 is 0. The number of rotatable bonds is 7. The van der Waals surface area contributed by atoms with Crippen molar-refractivity contribution >= 4 is 7.60 Å². The van der Waals surface area contributed by atoms with Gasteiger partial charge in [-0.2, -0.15) is 5.26 Å². The summed E-state index contributed by atoms with van der Waals surface area (Å²) in [4.78, 5) is 34.3. The van der Waals surface area contributed by atoms with E-state index < -0.39 is 37.3 Å². The Morgan fingerprint density at radius 2 is 2.19 bits per heavy atom. The summed E-state index contributed by atoms with van der Waals surface area (Å²) in [7, 11) is -2.31. The number of aromatic nitrogens is 2. The van der Waals surface area contributed by atoms with Gasteiger partial charge in [0.15, 0.2) is 0 Å². The highest BCUT2D eigenvalue weighted by Gasteiger charge is 2.40. The maximum Gasteiger partial charge on any atom is 0.333 e. The first-order valence-electron chi connectivity index (χ1n) is 8.00. The largest absolute Gasteiger partial charge is 0.382 e. The van der Waals surface area contributed by atoms with Gasteiger partial charge in [0, 0.05) is 38.5 Å². The van der Waals surface area contributed by atoms with Crippen molar-refractivity contribution in [1.82, 2.24) is 9.13 Å². The smallest absolute Gasteiger partial charge is 0.333 e. The van der Waals surface area contributed by atoms with E-state index in [2.05, 4.69) is 0 Å². The molecule has 4 atom stereocenters. The van der Waals surface area contributed by atoms with Crippen molar-refractivity contribution in [3.8, 4) is 6.07 Å². The molecule has 11 heteroatoms. The molecule has 1 aliphatic rings. The minimum atomic E-state index is -3.76. The normalized spacial score (nSPS) is 25.0. The number of ether oxygens (including phenoxy) is 2. The van der Waals surface area contributed by atoms with E-state index in [1.165, 1.54) is 17.9 Å². The molecule has 0 aromatic carbocycles. The Labute approximate surface area is 150 Å². The summed E-state index contributed by atoms with van der Waals surface area (Å²) in [5, 5.41) is 8.72. The molecule has 1 aliphatic heterocycles. The van der Waals surface area contributed by atoms with Crippen molar-refractivity contribution in [2.24, 2.45) is 0 Å². The quantitative estimate of drug-likeness (QED) is 0.664. The Morgan fingerprint density at radius 3 is 2.77 bits per heavy atom. The third-order valence-electron chi connectivity index (χ3n) is 3.97. The van der Waals surface area contributed by atoms with Gasteiger partial charge in [-0.3, -0.25) is 18.5 Å². The Morgan fingerprint density at radius 1 is 1.50 bits per heavy atom. The van der Waals surface area contributed by atoms with Crippen LogP contribution >= 0.6 is 7.60 Å². The zero-order chi connectivity index (χ0) is 19.5. The molecule has 1 aromatic rings. The van der Waals surface area contributed by atoms with Crippen LogP contribution in [0.4, 0.5) is 0 Å². The van der Waals surface area contributed by atoms with Crippen LogP contribution in [0.2, 0.25) is 0 Å². The molecule has 0 aliphatic carbocycles. The summed E-state index contributed by atoms with van der Waals surface area (Å²) in [6, 6.07) is 1.90. The van der Waals surface area contributed by atoms with E-state index in [9.17, 15) is 19.0 Å². The van der Waals surface area contributed by atoms with E-state index in [4.69, 9.17) is 19.3 Å². The van der Waals surface area contributed by atoms with Crippen LogP contribution in [-0.2, 0) is 25.1 Å². The van der Waals surface area contributed by atoms with Crippen molar-refractivity contribution < 1.29 is 23.5 Å². The van der Waals surface area contributed by atoms with Crippen LogP contribution < -0.4 is 11.2 Å². The minimum absolute atomic E-state index is 0.0195. The minimum Gasteiger partial charge on any atom is -0.382 e. The standard InChI is InChI=1S/C15H22N3O7P/c1-10-8-18(15(20)17(14(10)19)6-4-5-16)13-7-11(25-26(3,21)22)12(24-13)9-23-2/h8,11-13H,4,6-7,9H2,1-3H3,(H,21,22). The fraction of sp³-hybridized carbons (Fsp3) is 0.667. The van der Waals surface area contributed by atoms with Gasteiger partial charge in [-0.15, -0.1) is 0 Å². The number of nitrogens with zero attached hydrogens (tertiary/aromatic N) is 3. The second kappa shape index (κ2) is 8.29. The summed E-state index contributed by atoms with van der Waals surface area (Å²) in [6.45, 7) is 2.72. The van der Waals surface area contributed by atoms with Gasteiger partial charge in [0.25, 0.3) is 5.56 Å². The lowest BCUT2D eigenvalue weighted by atomic mass is 10.2. The fourth-order valence-corrected chi connectivity index (χ4v) is 3.60. The first-order valence-corrected chi connectivity index (χ1v) is 10.0. The van der Waals surface area contributed by atoms with Crippen molar-refractivity contribution in [2.75, 3.05) is 20.4 Å². The summed E-state index contributed by atoms with van der Waals surface area (Å²) in [5.41, 5.74) is -0.752. The molecule has 1 N–H and O–H groups in total. The molecule has 0 bridgehead atoms. The average molecular weight is 387 g/mol. The van der Waals surface area contributed by atoms with E-state index in [0.717, 1.165) is 11.2 Å². The molecule has 144 valence electrons. The zero-order valence-electron chi connectivity index (χ0n) is 14.8. The molecule has 0 spiro atoms. The maximum atomic E-state index is 12.7. The van der Waals surface area contributed by atoms with Gasteiger partial charge in [0.05, 0.1) is 25.2 Å². The van der Waals surface area contributed by atoms with E-state index in [0.29, 0.717) is 5.56 Å². The van der Waals surface area contributed by atoms with Gasteiger partial charge in [-0.1, -0.05) is 0 Å². The number of aryl methyl sites for hydroxylation is 1. The summed E-state index contributed by atoms with van der Waals surface area (Å²) < 4.78 is 29.8. The summed E-state index contributed by atoms with van der Waals surface area (Å²) in [5.74, 6) is 0. The first-order chi connectivity index (χ1) is 12.2. The van der Waals surface area contributed by atoms with Crippen LogP contribution in [0.1, 0.15) is 24.6 Å². The van der Waals surface area contributed by atoms with Crippen LogP contribution in [-0.4, -0.2) is 46.6 Å². The van der Waals surface area contributed by atoms with Crippen LogP contribution in [0.25, 0.3) is 0 Å². The highest BCUT2D eigenvalue weighted by atomic mass is 31.2. The molecule has 0 saturated carbocycles. The van der Waals surface area contributed by atoms with Crippen LogP contribution in [0.15, 0.2) is 15.8 Å². The fourth-order valence-electron chi connectivity index (χ4n) is 2.87. The number of hydrogen-bond acceptors (Lipinski definition) is 7. The molecule has 1 aromatic heterocycles. The SMILES string of the molecule is COCC1OC(n2cc(C)c(=O)n(CCC#N)c2=O)CC1OP(C)(=O)O. The van der Waals surface area contributed by atoms with Crippen LogP contribution in [0.5, 0.6) is 0 Å². The number of hydrogen-bond donors (Lipinski definition) is 1. The molecular formula is C15H22N3O7P. The van der Waals surface area contributed by atoms with Gasteiger partial charge in [-0.25, -0.2) is 4.79 Å². The van der Waals surface area contributed by atoms with Gasteiger partial charge < -0.3 is 18.9 Å². The highest BCUT2D eigenvalue weighted by Crippen LogP contribution is 2.43. The second-order valence-electron chi connectivity index (χ2n) is 6.13. The Balaban J connectivity index is 2.38. The Hall–Kier alpha value is -1.76. The third-order valence-corrected chi connectivity index (χ3v) is 4.63. The molecule has 4 unspecified atom stereocenters. The van der Waals surface area contributed by atoms with Gasteiger partial charge in [0.1, 0.15) is 12.3 Å². The molecule has 2 heterocycles. The van der Waals surface area contributed by atoms with Crippen molar-refractivity contribution in [2.45, 2.75) is 44.7 Å².